The molecule has 0 aromatic carbocycles. The van der Waals surface area contributed by atoms with Crippen molar-refractivity contribution >= 4 is 37.1 Å². The molecule has 1 unspecified atom stereocenters. The lowest BCUT2D eigenvalue weighted by Gasteiger charge is -2.16. The van der Waals surface area contributed by atoms with Gasteiger partial charge in [0.1, 0.15) is 9.84 Å². The summed E-state index contributed by atoms with van der Waals surface area (Å²) < 4.78 is 23.7. The molecule has 1 aromatic heterocycles. The molecule has 92 valence electrons. The molecular weight excluding hydrogens is 310 g/mol. The molecule has 1 aromatic rings. The maximum atomic E-state index is 11.4. The summed E-state index contributed by atoms with van der Waals surface area (Å²) in [5.74, 6) is 0.145. The third kappa shape index (κ3) is 4.53. The zero-order valence-corrected chi connectivity index (χ0v) is 12.6. The number of halogens is 1. The van der Waals surface area contributed by atoms with E-state index < -0.39 is 9.84 Å². The van der Waals surface area contributed by atoms with E-state index in [2.05, 4.69) is 28.2 Å². The van der Waals surface area contributed by atoms with E-state index in [1.54, 1.807) is 11.3 Å². The molecule has 0 spiro atoms. The molecule has 1 N–H and O–H groups in total. The lowest BCUT2D eigenvalue weighted by molar-refractivity contribution is 0.553. The van der Waals surface area contributed by atoms with Gasteiger partial charge in [0, 0.05) is 15.6 Å². The van der Waals surface area contributed by atoms with Gasteiger partial charge in [0.25, 0.3) is 0 Å². The van der Waals surface area contributed by atoms with Gasteiger partial charge in [-0.05, 0) is 40.3 Å². The Kier molecular flexibility index (Phi) is 5.43. The van der Waals surface area contributed by atoms with Crippen molar-refractivity contribution < 1.29 is 8.42 Å². The Morgan fingerprint density at radius 1 is 1.56 bits per heavy atom. The summed E-state index contributed by atoms with van der Waals surface area (Å²) >= 11 is 5.02. The van der Waals surface area contributed by atoms with Crippen molar-refractivity contribution in [2.75, 3.05) is 18.6 Å². The molecular formula is C10H16BrNO2S2. The third-order valence-corrected chi connectivity index (χ3v) is 4.99. The lowest BCUT2D eigenvalue weighted by Crippen LogP contribution is -2.28. The smallest absolute Gasteiger partial charge is 0.149 e. The first-order valence-corrected chi connectivity index (χ1v) is 8.81. The summed E-state index contributed by atoms with van der Waals surface area (Å²) in [5, 5.41) is 5.23. The van der Waals surface area contributed by atoms with Gasteiger partial charge in [-0.15, -0.1) is 11.3 Å². The Balaban J connectivity index is 2.83. The predicted molar refractivity (Wildman–Crippen MR) is 72.8 cm³/mol. The van der Waals surface area contributed by atoms with Crippen molar-refractivity contribution in [3.63, 3.8) is 0 Å². The Bertz CT molecular complexity index is 428. The Hall–Kier alpha value is 0.0900. The molecule has 3 nitrogen and oxygen atoms in total. The van der Waals surface area contributed by atoms with Gasteiger partial charge in [-0.3, -0.25) is 0 Å². The summed E-state index contributed by atoms with van der Waals surface area (Å²) in [6, 6.07) is 1.84. The number of nitrogens with one attached hydrogen (secondary N) is 1. The molecule has 1 atom stereocenters. The van der Waals surface area contributed by atoms with Crippen LogP contribution in [0.1, 0.15) is 24.3 Å². The number of hydrogen-bond acceptors (Lipinski definition) is 4. The molecule has 0 saturated heterocycles. The minimum absolute atomic E-state index is 0.107. The van der Waals surface area contributed by atoms with Crippen LogP contribution in [0.4, 0.5) is 0 Å². The molecule has 0 aliphatic carbocycles. The summed E-state index contributed by atoms with van der Waals surface area (Å²) in [7, 11) is -2.97. The highest BCUT2D eigenvalue weighted by molar-refractivity contribution is 9.10. The fourth-order valence-electron chi connectivity index (χ4n) is 1.40. The zero-order chi connectivity index (χ0) is 12.2. The highest BCUT2D eigenvalue weighted by Gasteiger charge is 2.19. The van der Waals surface area contributed by atoms with Gasteiger partial charge in [-0.25, -0.2) is 8.42 Å². The second-order valence-corrected chi connectivity index (χ2v) is 7.72. The quantitative estimate of drug-likeness (QED) is 0.874. The van der Waals surface area contributed by atoms with E-state index in [1.807, 2.05) is 11.4 Å². The summed E-state index contributed by atoms with van der Waals surface area (Å²) in [6.45, 7) is 2.89. The normalized spacial score (nSPS) is 13.9. The van der Waals surface area contributed by atoms with Gasteiger partial charge >= 0.3 is 0 Å². The fourth-order valence-corrected chi connectivity index (χ4v) is 4.12. The van der Waals surface area contributed by atoms with Crippen molar-refractivity contribution in [2.24, 2.45) is 0 Å². The molecule has 6 heteroatoms. The molecule has 1 heterocycles. The highest BCUT2D eigenvalue weighted by Crippen LogP contribution is 2.29. The van der Waals surface area contributed by atoms with Crippen LogP contribution >= 0.6 is 27.3 Å². The molecule has 0 fully saturated rings. The number of sulfone groups is 1. The summed E-state index contributed by atoms with van der Waals surface area (Å²) in [6.07, 6.45) is 2.26. The molecule has 1 rings (SSSR count). The molecule has 0 saturated carbocycles. The van der Waals surface area contributed by atoms with Crippen LogP contribution in [0.3, 0.4) is 0 Å². The Labute approximate surface area is 109 Å². The maximum Gasteiger partial charge on any atom is 0.149 e. The van der Waals surface area contributed by atoms with Crippen molar-refractivity contribution in [1.82, 2.24) is 5.32 Å². The van der Waals surface area contributed by atoms with Gasteiger partial charge < -0.3 is 5.32 Å². The largest absolute Gasteiger partial charge is 0.308 e. The van der Waals surface area contributed by atoms with Crippen LogP contribution in [-0.4, -0.2) is 27.0 Å². The highest BCUT2D eigenvalue weighted by atomic mass is 79.9. The minimum atomic E-state index is -2.97. The molecule has 0 radical (unpaired) electrons. The van der Waals surface area contributed by atoms with Gasteiger partial charge in [0.2, 0.25) is 0 Å². The first-order valence-electron chi connectivity index (χ1n) is 5.08. The van der Waals surface area contributed by atoms with Gasteiger partial charge in [0.05, 0.1) is 11.8 Å². The van der Waals surface area contributed by atoms with Crippen LogP contribution in [0.15, 0.2) is 15.9 Å². The number of rotatable bonds is 6. The Morgan fingerprint density at radius 3 is 2.69 bits per heavy atom. The zero-order valence-electron chi connectivity index (χ0n) is 9.36. The fraction of sp³-hybridized carbons (Fsp3) is 0.600. The van der Waals surface area contributed by atoms with Gasteiger partial charge in [0.15, 0.2) is 0 Å². The van der Waals surface area contributed by atoms with Crippen LogP contribution in [0.25, 0.3) is 0 Å². The van der Waals surface area contributed by atoms with Crippen molar-refractivity contribution in [1.29, 1.82) is 0 Å². The van der Waals surface area contributed by atoms with Gasteiger partial charge in [-0.2, -0.15) is 0 Å². The SMILES string of the molecule is CCCNC(CS(C)(=O)=O)c1sccc1Br. The second kappa shape index (κ2) is 6.14. The van der Waals surface area contributed by atoms with Crippen LogP contribution in [-0.2, 0) is 9.84 Å². The first-order chi connectivity index (χ1) is 7.44. The topological polar surface area (TPSA) is 46.2 Å². The molecule has 0 aliphatic heterocycles. The number of hydrogen-bond donors (Lipinski definition) is 1. The average Bonchev–Trinajstić information content (AvgIpc) is 2.57. The van der Waals surface area contributed by atoms with Crippen LogP contribution < -0.4 is 5.32 Å². The monoisotopic (exact) mass is 325 g/mol. The standard InChI is InChI=1S/C10H16BrNO2S2/c1-3-5-12-9(7-16(2,13)14)10-8(11)4-6-15-10/h4,6,9,12H,3,5,7H2,1-2H3. The lowest BCUT2D eigenvalue weighted by atomic mass is 10.2. The minimum Gasteiger partial charge on any atom is -0.308 e. The van der Waals surface area contributed by atoms with Crippen LogP contribution in [0.5, 0.6) is 0 Å². The van der Waals surface area contributed by atoms with Crippen LogP contribution in [0.2, 0.25) is 0 Å². The molecule has 16 heavy (non-hydrogen) atoms. The van der Waals surface area contributed by atoms with E-state index >= 15 is 0 Å². The number of thiophene rings is 1. The third-order valence-electron chi connectivity index (χ3n) is 2.07. The van der Waals surface area contributed by atoms with Gasteiger partial charge in [-0.1, -0.05) is 6.92 Å². The molecule has 0 bridgehead atoms. The maximum absolute atomic E-state index is 11.4. The van der Waals surface area contributed by atoms with E-state index in [0.717, 1.165) is 22.3 Å². The Morgan fingerprint density at radius 2 is 2.25 bits per heavy atom. The predicted octanol–water partition coefficient (Wildman–Crippen LogP) is 2.60. The summed E-state index contributed by atoms with van der Waals surface area (Å²) in [5.41, 5.74) is 0. The summed E-state index contributed by atoms with van der Waals surface area (Å²) in [4.78, 5) is 1.05. The average molecular weight is 326 g/mol. The molecule has 0 aliphatic rings. The van der Waals surface area contributed by atoms with E-state index in [4.69, 9.17) is 0 Å². The van der Waals surface area contributed by atoms with Crippen molar-refractivity contribution in [2.45, 2.75) is 19.4 Å². The van der Waals surface area contributed by atoms with E-state index in [9.17, 15) is 8.42 Å². The second-order valence-electron chi connectivity index (χ2n) is 3.73. The van der Waals surface area contributed by atoms with E-state index in [1.165, 1.54) is 6.26 Å². The molecule has 0 amide bonds. The van der Waals surface area contributed by atoms with E-state index in [0.29, 0.717) is 0 Å². The van der Waals surface area contributed by atoms with Crippen molar-refractivity contribution in [3.8, 4) is 0 Å². The van der Waals surface area contributed by atoms with E-state index in [-0.39, 0.29) is 11.8 Å². The van der Waals surface area contributed by atoms with Crippen molar-refractivity contribution in [3.05, 3.63) is 20.8 Å². The van der Waals surface area contributed by atoms with Crippen LogP contribution in [0, 0.1) is 0 Å². The first kappa shape index (κ1) is 14.2.